The molecule has 1 unspecified atom stereocenters. The lowest BCUT2D eigenvalue weighted by molar-refractivity contribution is -0.122. The lowest BCUT2D eigenvalue weighted by atomic mass is 9.81. The van der Waals surface area contributed by atoms with Gasteiger partial charge in [-0.2, -0.15) is 5.26 Å². The molecule has 0 bridgehead atoms. The van der Waals surface area contributed by atoms with Crippen LogP contribution in [0.15, 0.2) is 53.9 Å². The summed E-state index contributed by atoms with van der Waals surface area (Å²) in [6.07, 6.45) is 0. The standard InChI is InChI=1S/C26H20Cl2N4O4S/c1-14(22-6-17(12-37-22)23(33)34)31-11-21(16-4-2-15(10-29)3-5-16)26(13-31)24(35)32(25(36)30-26)20-8-18(27)7-19(28)9-20/h2-9,12,14,21H,11,13H2,1H3,(H,30,36)(H,33,34)/t14?,21-,26+/m0/s1. The van der Waals surface area contributed by atoms with Crippen LogP contribution in [0.5, 0.6) is 0 Å². The molecule has 1 spiro atoms. The van der Waals surface area contributed by atoms with Crippen molar-refractivity contribution in [3.8, 4) is 6.07 Å². The molecular formula is C26H20Cl2N4O4S. The number of imide groups is 1. The van der Waals surface area contributed by atoms with Gasteiger partial charge in [0.1, 0.15) is 5.54 Å². The van der Waals surface area contributed by atoms with Crippen molar-refractivity contribution in [2.45, 2.75) is 24.4 Å². The van der Waals surface area contributed by atoms with Crippen LogP contribution in [-0.4, -0.2) is 46.5 Å². The molecule has 0 aliphatic carbocycles. The molecule has 3 amide bonds. The van der Waals surface area contributed by atoms with Gasteiger partial charge in [0.05, 0.1) is 22.9 Å². The minimum atomic E-state index is -1.29. The highest BCUT2D eigenvalue weighted by molar-refractivity contribution is 7.10. The van der Waals surface area contributed by atoms with E-state index >= 15 is 0 Å². The minimum absolute atomic E-state index is 0.203. The van der Waals surface area contributed by atoms with E-state index in [9.17, 15) is 24.8 Å². The van der Waals surface area contributed by atoms with Crippen LogP contribution < -0.4 is 10.2 Å². The Kier molecular flexibility index (Phi) is 6.46. The number of likely N-dealkylation sites (tertiary alicyclic amines) is 1. The van der Waals surface area contributed by atoms with Crippen molar-refractivity contribution in [1.82, 2.24) is 10.2 Å². The quantitative estimate of drug-likeness (QED) is 0.414. The molecule has 2 aliphatic rings. The topological polar surface area (TPSA) is 114 Å². The Bertz CT molecular complexity index is 1450. The highest BCUT2D eigenvalue weighted by Crippen LogP contribution is 2.45. The van der Waals surface area contributed by atoms with Crippen LogP contribution in [0.2, 0.25) is 10.0 Å². The highest BCUT2D eigenvalue weighted by atomic mass is 35.5. The number of thiophene rings is 1. The molecule has 37 heavy (non-hydrogen) atoms. The molecule has 0 saturated carbocycles. The van der Waals surface area contributed by atoms with E-state index in [1.807, 2.05) is 6.92 Å². The van der Waals surface area contributed by atoms with Gasteiger partial charge in [-0.05, 0) is 48.9 Å². The fraction of sp³-hybridized carbons (Fsp3) is 0.231. The van der Waals surface area contributed by atoms with Crippen molar-refractivity contribution in [1.29, 1.82) is 5.26 Å². The van der Waals surface area contributed by atoms with E-state index in [2.05, 4.69) is 16.3 Å². The molecule has 3 atom stereocenters. The summed E-state index contributed by atoms with van der Waals surface area (Å²) in [5.74, 6) is -1.87. The van der Waals surface area contributed by atoms with E-state index in [0.717, 1.165) is 15.3 Å². The summed E-state index contributed by atoms with van der Waals surface area (Å²) in [4.78, 5) is 42.7. The van der Waals surface area contributed by atoms with Crippen LogP contribution in [0.3, 0.4) is 0 Å². The Labute approximate surface area is 226 Å². The molecular weight excluding hydrogens is 535 g/mol. The number of rotatable bonds is 5. The Balaban J connectivity index is 1.55. The van der Waals surface area contributed by atoms with Gasteiger partial charge >= 0.3 is 12.0 Å². The molecule has 5 rings (SSSR count). The molecule has 3 heterocycles. The number of halogens is 2. The van der Waals surface area contributed by atoms with E-state index in [0.29, 0.717) is 22.2 Å². The van der Waals surface area contributed by atoms with Gasteiger partial charge in [0.2, 0.25) is 0 Å². The van der Waals surface area contributed by atoms with Crippen LogP contribution in [0.4, 0.5) is 10.5 Å². The molecule has 8 nitrogen and oxygen atoms in total. The van der Waals surface area contributed by atoms with Crippen LogP contribution >= 0.6 is 34.5 Å². The van der Waals surface area contributed by atoms with E-state index < -0.39 is 29.4 Å². The third kappa shape index (κ3) is 4.36. The number of nitriles is 1. The van der Waals surface area contributed by atoms with E-state index in [1.54, 1.807) is 35.7 Å². The second kappa shape index (κ2) is 9.47. The first kappa shape index (κ1) is 25.2. The number of carboxylic acid groups (broad SMARTS) is 1. The zero-order chi connectivity index (χ0) is 26.5. The molecule has 2 aromatic carbocycles. The number of benzene rings is 2. The molecule has 188 valence electrons. The fourth-order valence-electron chi connectivity index (χ4n) is 5.06. The van der Waals surface area contributed by atoms with Gasteiger partial charge < -0.3 is 10.4 Å². The first-order valence-corrected chi connectivity index (χ1v) is 12.9. The van der Waals surface area contributed by atoms with Crippen molar-refractivity contribution in [2.75, 3.05) is 18.0 Å². The number of hydrogen-bond donors (Lipinski definition) is 2. The third-order valence-corrected chi connectivity index (χ3v) is 8.50. The zero-order valence-electron chi connectivity index (χ0n) is 19.4. The van der Waals surface area contributed by atoms with Crippen molar-refractivity contribution >= 4 is 58.1 Å². The van der Waals surface area contributed by atoms with Gasteiger partial charge in [0.25, 0.3) is 5.91 Å². The predicted octanol–water partition coefficient (Wildman–Crippen LogP) is 5.28. The van der Waals surface area contributed by atoms with E-state index in [1.165, 1.54) is 29.5 Å². The predicted molar refractivity (Wildman–Crippen MR) is 140 cm³/mol. The average Bonchev–Trinajstić information content (AvgIpc) is 3.55. The van der Waals surface area contributed by atoms with E-state index in [-0.39, 0.29) is 23.8 Å². The molecule has 2 aliphatic heterocycles. The Morgan fingerprint density at radius 2 is 1.86 bits per heavy atom. The number of anilines is 1. The number of carboxylic acids is 1. The molecule has 1 aromatic heterocycles. The Morgan fingerprint density at radius 1 is 1.19 bits per heavy atom. The number of amides is 3. The van der Waals surface area contributed by atoms with Crippen LogP contribution in [0, 0.1) is 11.3 Å². The van der Waals surface area contributed by atoms with Gasteiger partial charge in [-0.15, -0.1) is 11.3 Å². The van der Waals surface area contributed by atoms with Crippen molar-refractivity contribution in [2.24, 2.45) is 0 Å². The van der Waals surface area contributed by atoms with Gasteiger partial charge in [-0.3, -0.25) is 9.69 Å². The zero-order valence-corrected chi connectivity index (χ0v) is 21.8. The monoisotopic (exact) mass is 554 g/mol. The number of nitrogens with zero attached hydrogens (tertiary/aromatic N) is 3. The van der Waals surface area contributed by atoms with Crippen LogP contribution in [0.25, 0.3) is 0 Å². The normalized spacial score (nSPS) is 22.3. The van der Waals surface area contributed by atoms with Crippen molar-refractivity contribution < 1.29 is 19.5 Å². The van der Waals surface area contributed by atoms with Gasteiger partial charge in [0, 0.05) is 45.4 Å². The van der Waals surface area contributed by atoms with Gasteiger partial charge in [-0.25, -0.2) is 14.5 Å². The van der Waals surface area contributed by atoms with Gasteiger partial charge in [-0.1, -0.05) is 35.3 Å². The Hall–Kier alpha value is -3.42. The van der Waals surface area contributed by atoms with Crippen molar-refractivity contribution in [3.05, 3.63) is 85.5 Å². The SMILES string of the molecule is CC(c1cc(C(=O)O)cs1)N1C[C@@H](c2ccc(C#N)cc2)[C@@]2(C1)NC(=O)N(c1cc(Cl)cc(Cl)c1)C2=O. The molecule has 11 heteroatoms. The maximum Gasteiger partial charge on any atom is 0.336 e. The Morgan fingerprint density at radius 3 is 2.46 bits per heavy atom. The first-order chi connectivity index (χ1) is 17.6. The lowest BCUT2D eigenvalue weighted by Gasteiger charge is -2.28. The lowest BCUT2D eigenvalue weighted by Crippen LogP contribution is -2.53. The fourth-order valence-corrected chi connectivity index (χ4v) is 6.55. The summed E-state index contributed by atoms with van der Waals surface area (Å²) in [6, 6.07) is 14.4. The number of carbonyl (C=O) groups excluding carboxylic acids is 2. The van der Waals surface area contributed by atoms with Crippen LogP contribution in [-0.2, 0) is 4.79 Å². The average molecular weight is 555 g/mol. The summed E-state index contributed by atoms with van der Waals surface area (Å²) in [5, 5.41) is 23.7. The number of nitrogens with one attached hydrogen (secondary N) is 1. The summed E-state index contributed by atoms with van der Waals surface area (Å²) in [5.41, 5.74) is 0.467. The molecule has 3 aromatic rings. The second-order valence-corrected chi connectivity index (χ2v) is 10.9. The van der Waals surface area contributed by atoms with Crippen LogP contribution in [0.1, 0.15) is 45.2 Å². The van der Waals surface area contributed by atoms with Gasteiger partial charge in [0.15, 0.2) is 0 Å². The summed E-state index contributed by atoms with van der Waals surface area (Å²) < 4.78 is 0. The second-order valence-electron chi connectivity index (χ2n) is 9.10. The third-order valence-electron chi connectivity index (χ3n) is 6.96. The summed E-state index contributed by atoms with van der Waals surface area (Å²) >= 11 is 13.6. The highest BCUT2D eigenvalue weighted by Gasteiger charge is 2.61. The molecule has 2 saturated heterocycles. The number of carbonyl (C=O) groups is 3. The smallest absolute Gasteiger partial charge is 0.336 e. The van der Waals surface area contributed by atoms with E-state index in [4.69, 9.17) is 23.2 Å². The minimum Gasteiger partial charge on any atom is -0.478 e. The number of hydrogen-bond acceptors (Lipinski definition) is 6. The number of aromatic carboxylic acids is 1. The maximum atomic E-state index is 14.1. The molecule has 2 fully saturated rings. The number of urea groups is 1. The largest absolute Gasteiger partial charge is 0.478 e. The summed E-state index contributed by atoms with van der Waals surface area (Å²) in [6.45, 7) is 2.57. The molecule has 0 radical (unpaired) electrons. The first-order valence-electron chi connectivity index (χ1n) is 11.3. The molecule has 2 N–H and O–H groups in total. The van der Waals surface area contributed by atoms with Crippen molar-refractivity contribution in [3.63, 3.8) is 0 Å². The maximum absolute atomic E-state index is 14.1. The summed E-state index contributed by atoms with van der Waals surface area (Å²) in [7, 11) is 0.